The molecular weight excluding hydrogens is 590 g/mol. The highest BCUT2D eigenvalue weighted by Gasteiger charge is 2.71. The Kier molecular flexibility index (Phi) is 7.90. The number of ether oxygens (including phenoxy) is 4. The Bertz CT molecular complexity index is 1280. The summed E-state index contributed by atoms with van der Waals surface area (Å²) in [4.78, 5) is 30.8. The first-order chi connectivity index (χ1) is 22.0. The summed E-state index contributed by atoms with van der Waals surface area (Å²) in [7, 11) is 0. The van der Waals surface area contributed by atoms with Crippen molar-refractivity contribution >= 4 is 5.71 Å². The predicted octanol–water partition coefficient (Wildman–Crippen LogP) is 6.27. The van der Waals surface area contributed by atoms with Gasteiger partial charge in [-0.3, -0.25) is 0 Å². The van der Waals surface area contributed by atoms with Gasteiger partial charge in [-0.05, 0) is 94.8 Å². The van der Waals surface area contributed by atoms with Gasteiger partial charge in [0, 0.05) is 31.1 Å². The fourth-order valence-electron chi connectivity index (χ4n) is 11.1. The van der Waals surface area contributed by atoms with Crippen LogP contribution in [0.3, 0.4) is 0 Å². The van der Waals surface area contributed by atoms with Gasteiger partial charge in [0.25, 0.3) is 0 Å². The normalized spacial score (nSPS) is 55.7. The van der Waals surface area contributed by atoms with Crippen LogP contribution in [0.2, 0.25) is 0 Å². The number of fused-ring (bicyclic) bond motifs is 4. The lowest BCUT2D eigenvalue weighted by Crippen LogP contribution is -2.71. The van der Waals surface area contributed by atoms with E-state index in [2.05, 4.69) is 39.5 Å². The first-order valence-corrected chi connectivity index (χ1v) is 18.0. The molecule has 46 heavy (non-hydrogen) atoms. The molecule has 0 aromatic carbocycles. The molecule has 2 aliphatic carbocycles. The average molecular weight is 644 g/mol. The first-order valence-electron chi connectivity index (χ1n) is 18.0. The molecule has 10 nitrogen and oxygen atoms in total. The van der Waals surface area contributed by atoms with Crippen molar-refractivity contribution < 1.29 is 43.3 Å². The summed E-state index contributed by atoms with van der Waals surface area (Å²) >= 11 is 0. The second-order valence-electron chi connectivity index (χ2n) is 16.3. The summed E-state index contributed by atoms with van der Waals surface area (Å²) < 4.78 is 27.4. The third-order valence-corrected chi connectivity index (χ3v) is 13.7. The quantitative estimate of drug-likeness (QED) is 0.113. The summed E-state index contributed by atoms with van der Waals surface area (Å²) in [6.45, 7) is 15.2. The van der Waals surface area contributed by atoms with Crippen LogP contribution in [-0.2, 0) is 43.3 Å². The van der Waals surface area contributed by atoms with E-state index in [9.17, 15) is 0 Å². The van der Waals surface area contributed by atoms with Crippen LogP contribution in [0, 0.1) is 59.2 Å². The molecule has 2 saturated carbocycles. The van der Waals surface area contributed by atoms with Crippen LogP contribution >= 0.6 is 0 Å². The fraction of sp³-hybridized carbons (Fsp3) is 0.917. The summed E-state index contributed by atoms with van der Waals surface area (Å²) in [5.74, 6) is 6.53. The smallest absolute Gasteiger partial charge is 0.201 e. The molecule has 10 fully saturated rings. The van der Waals surface area contributed by atoms with Crippen molar-refractivity contribution in [1.29, 1.82) is 0 Å². The standard InChI is InChI=1S/C36H53NO9/c1-8-9-18-38-37-28(30-23(5)27-13-11-21(3)25-15-17-34(7)42-32(40-30)36(25,27)46-44-34)19-29-22(4)26-12-10-20(2)24-14-16-33(6)41-31(39-29)35(24,26)45-43-33/h20-27,29-32H,10-19H2,1-7H3/b37-28-/t20-,21-,22-,23-,24+,25+,26+,27+,29-,30+,31-,32-,33+,34+,35-,36-/m1/s1. The number of rotatable bonds is 5. The van der Waals surface area contributed by atoms with Crippen molar-refractivity contribution in [3.05, 3.63) is 0 Å². The zero-order valence-corrected chi connectivity index (χ0v) is 28.6. The van der Waals surface area contributed by atoms with Gasteiger partial charge in [-0.15, -0.1) is 5.92 Å². The molecular formula is C36H53NO9. The van der Waals surface area contributed by atoms with Crippen molar-refractivity contribution in [2.45, 2.75) is 154 Å². The lowest BCUT2D eigenvalue weighted by Gasteiger charge is -2.61. The molecule has 0 aromatic rings. The third-order valence-electron chi connectivity index (χ3n) is 13.7. The highest BCUT2D eigenvalue weighted by atomic mass is 17.3. The van der Waals surface area contributed by atoms with Crippen LogP contribution in [0.4, 0.5) is 0 Å². The van der Waals surface area contributed by atoms with Crippen molar-refractivity contribution in [3.8, 4) is 11.8 Å². The maximum absolute atomic E-state index is 7.03. The van der Waals surface area contributed by atoms with Crippen LogP contribution in [-0.4, -0.2) is 59.9 Å². The molecule has 8 aliphatic heterocycles. The number of nitrogens with zero attached hydrogens (tertiary/aromatic N) is 1. The molecule has 0 aromatic heterocycles. The molecule has 256 valence electrons. The Balaban J connectivity index is 1.12. The third kappa shape index (κ3) is 4.63. The minimum absolute atomic E-state index is 0.0893. The predicted molar refractivity (Wildman–Crippen MR) is 165 cm³/mol. The van der Waals surface area contributed by atoms with Crippen LogP contribution in [0.15, 0.2) is 5.16 Å². The zero-order valence-electron chi connectivity index (χ0n) is 28.6. The minimum atomic E-state index is -0.842. The molecule has 10 heteroatoms. The van der Waals surface area contributed by atoms with Crippen LogP contribution in [0.25, 0.3) is 0 Å². The monoisotopic (exact) mass is 643 g/mol. The Morgan fingerprint density at radius 2 is 1.28 bits per heavy atom. The maximum Gasteiger partial charge on any atom is 0.201 e. The first kappa shape index (κ1) is 31.9. The van der Waals surface area contributed by atoms with E-state index in [0.29, 0.717) is 30.1 Å². The number of oxime groups is 1. The van der Waals surface area contributed by atoms with Gasteiger partial charge in [-0.25, -0.2) is 19.6 Å². The fourth-order valence-corrected chi connectivity index (χ4v) is 11.1. The van der Waals surface area contributed by atoms with Crippen LogP contribution in [0.1, 0.15) is 106 Å². The molecule has 8 heterocycles. The Morgan fingerprint density at radius 1 is 0.717 bits per heavy atom. The Morgan fingerprint density at radius 3 is 1.87 bits per heavy atom. The van der Waals surface area contributed by atoms with Gasteiger partial charge >= 0.3 is 0 Å². The second kappa shape index (κ2) is 11.4. The average Bonchev–Trinajstić information content (AvgIpc) is 3.40. The molecule has 0 radical (unpaired) electrons. The Hall–Kier alpha value is -1.29. The van der Waals surface area contributed by atoms with Crippen molar-refractivity contribution in [2.75, 3.05) is 6.61 Å². The zero-order chi connectivity index (χ0) is 32.1. The molecule has 0 unspecified atom stereocenters. The van der Waals surface area contributed by atoms with E-state index in [1.807, 2.05) is 13.8 Å². The summed E-state index contributed by atoms with van der Waals surface area (Å²) in [5, 5.41) is 4.78. The van der Waals surface area contributed by atoms with Crippen LogP contribution < -0.4 is 0 Å². The largest absolute Gasteiger partial charge is 0.383 e. The SMILES string of the molecule is CC#CCO/N=C(/C[C@H]1O[C@@H]2O[C@]3(C)CC[C@H]4[C@H](C)CC[C@@H]([C@H]1C)[C@@]24OO3)[C@H]1O[C@@H]2O[C@]3(C)CC[C@H]4[C@H](C)CC[C@@H]([C@H]1C)[C@@]24OO3. The van der Waals surface area contributed by atoms with E-state index in [4.69, 9.17) is 48.5 Å². The van der Waals surface area contributed by atoms with E-state index in [0.717, 1.165) is 57.1 Å². The van der Waals surface area contributed by atoms with E-state index in [-0.39, 0.29) is 42.5 Å². The summed E-state index contributed by atoms with van der Waals surface area (Å²) in [6.07, 6.45) is 6.87. The van der Waals surface area contributed by atoms with E-state index >= 15 is 0 Å². The van der Waals surface area contributed by atoms with Gasteiger partial charge < -0.3 is 23.8 Å². The molecule has 10 rings (SSSR count). The van der Waals surface area contributed by atoms with Gasteiger partial charge in [-0.2, -0.15) is 0 Å². The summed E-state index contributed by atoms with van der Waals surface area (Å²) in [6, 6.07) is 0. The highest BCUT2D eigenvalue weighted by molar-refractivity contribution is 5.89. The van der Waals surface area contributed by atoms with Gasteiger partial charge in [0.2, 0.25) is 11.6 Å². The molecule has 0 N–H and O–H groups in total. The maximum atomic E-state index is 7.03. The molecule has 10 aliphatic rings. The molecule has 8 saturated heterocycles. The summed E-state index contributed by atoms with van der Waals surface area (Å²) in [5.41, 5.74) is -0.428. The lowest BCUT2D eigenvalue weighted by molar-refractivity contribution is -0.571. The highest BCUT2D eigenvalue weighted by Crippen LogP contribution is 2.63. The number of hydrogen-bond donors (Lipinski definition) is 0. The van der Waals surface area contributed by atoms with Gasteiger partial charge in [0.1, 0.15) is 6.10 Å². The van der Waals surface area contributed by atoms with Crippen LogP contribution in [0.5, 0.6) is 0 Å². The Labute approximate surface area is 273 Å². The van der Waals surface area contributed by atoms with E-state index in [1.54, 1.807) is 6.92 Å². The molecule has 2 spiro atoms. The molecule has 0 amide bonds. The molecule has 16 atom stereocenters. The second-order valence-corrected chi connectivity index (χ2v) is 16.3. The van der Waals surface area contributed by atoms with Crippen molar-refractivity contribution in [2.24, 2.45) is 52.5 Å². The number of hydrogen-bond acceptors (Lipinski definition) is 10. The van der Waals surface area contributed by atoms with Gasteiger partial charge in [0.15, 0.2) is 30.4 Å². The lowest BCUT2D eigenvalue weighted by atomic mass is 9.56. The topological polar surface area (TPSA) is 95.4 Å². The van der Waals surface area contributed by atoms with Crippen molar-refractivity contribution in [3.63, 3.8) is 0 Å². The van der Waals surface area contributed by atoms with Gasteiger partial charge in [-0.1, -0.05) is 38.8 Å². The van der Waals surface area contributed by atoms with Gasteiger partial charge in [0.05, 0.1) is 11.8 Å². The van der Waals surface area contributed by atoms with Crippen molar-refractivity contribution in [1.82, 2.24) is 0 Å². The molecule has 4 bridgehead atoms. The van der Waals surface area contributed by atoms with E-state index < -0.39 is 35.4 Å². The van der Waals surface area contributed by atoms with E-state index in [1.165, 1.54) is 0 Å². The minimum Gasteiger partial charge on any atom is -0.383 e.